The molecule has 0 aliphatic carbocycles. The van der Waals surface area contributed by atoms with Crippen molar-refractivity contribution in [3.63, 3.8) is 0 Å². The molecule has 0 unspecified atom stereocenters. The largest absolute Gasteiger partial charge is 0.388 e. The maximum Gasteiger partial charge on any atom is 0.208 e. The molecular weight excluding hydrogens is 156 g/mol. The van der Waals surface area contributed by atoms with E-state index in [4.69, 9.17) is 5.11 Å². The fourth-order valence-electron chi connectivity index (χ4n) is 0.933. The van der Waals surface area contributed by atoms with Crippen molar-refractivity contribution in [2.45, 2.75) is 13.3 Å². The number of carbonyl (C=O) groups is 1. The lowest BCUT2D eigenvalue weighted by molar-refractivity contribution is 0.0897. The third-order valence-corrected chi connectivity index (χ3v) is 1.52. The summed E-state index contributed by atoms with van der Waals surface area (Å²) in [4.78, 5) is 18.9. The van der Waals surface area contributed by atoms with Crippen molar-refractivity contribution in [3.05, 3.63) is 23.8 Å². The molecule has 0 fully saturated rings. The molecule has 1 N–H and O–H groups in total. The first-order valence-electron chi connectivity index (χ1n) is 3.73. The molecule has 0 aliphatic rings. The van der Waals surface area contributed by atoms with E-state index in [1.165, 1.54) is 12.4 Å². The van der Waals surface area contributed by atoms with E-state index in [0.29, 0.717) is 12.1 Å². The topological polar surface area (TPSA) is 63.1 Å². The van der Waals surface area contributed by atoms with Gasteiger partial charge in [0.15, 0.2) is 0 Å². The first-order valence-corrected chi connectivity index (χ1v) is 3.73. The number of aliphatic hydroxyl groups excluding tert-OH is 1. The Morgan fingerprint density at radius 3 is 2.75 bits per heavy atom. The summed E-state index contributed by atoms with van der Waals surface area (Å²) < 4.78 is 0. The summed E-state index contributed by atoms with van der Waals surface area (Å²) in [6, 6.07) is 0. The fraction of sp³-hybridized carbons (Fsp3) is 0.375. The van der Waals surface area contributed by atoms with Gasteiger partial charge in [0.2, 0.25) is 5.78 Å². The minimum atomic E-state index is -0.508. The minimum absolute atomic E-state index is 0.280. The number of aryl methyl sites for hydroxylation is 1. The number of rotatable bonds is 3. The first-order chi connectivity index (χ1) is 5.79. The maximum atomic E-state index is 11.0. The standard InChI is InChI=1S/C8H10N2O2/c1-2-6-8(7(12)5-11)10-4-3-9-6/h3-4,11H,2,5H2,1H3. The lowest BCUT2D eigenvalue weighted by Gasteiger charge is -2.00. The molecule has 1 aromatic rings. The van der Waals surface area contributed by atoms with Gasteiger partial charge in [-0.25, -0.2) is 4.98 Å². The van der Waals surface area contributed by atoms with Crippen LogP contribution < -0.4 is 0 Å². The van der Waals surface area contributed by atoms with Crippen molar-refractivity contribution in [3.8, 4) is 0 Å². The Kier molecular flexibility index (Phi) is 2.88. The summed E-state index contributed by atoms with van der Waals surface area (Å²) in [6.45, 7) is 1.38. The highest BCUT2D eigenvalue weighted by molar-refractivity contribution is 5.95. The van der Waals surface area contributed by atoms with Crippen LogP contribution in [0, 0.1) is 0 Å². The molecule has 0 spiro atoms. The lowest BCUT2D eigenvalue weighted by Crippen LogP contribution is -2.11. The molecule has 4 nitrogen and oxygen atoms in total. The minimum Gasteiger partial charge on any atom is -0.388 e. The van der Waals surface area contributed by atoms with E-state index in [0.717, 1.165) is 0 Å². The number of carbonyl (C=O) groups excluding carboxylic acids is 1. The Balaban J connectivity index is 3.04. The predicted molar refractivity (Wildman–Crippen MR) is 42.8 cm³/mol. The second kappa shape index (κ2) is 3.92. The van der Waals surface area contributed by atoms with Crippen molar-refractivity contribution in [2.75, 3.05) is 6.61 Å². The van der Waals surface area contributed by atoms with Gasteiger partial charge in [-0.15, -0.1) is 0 Å². The van der Waals surface area contributed by atoms with Crippen LogP contribution in [0.25, 0.3) is 0 Å². The Labute approximate surface area is 70.3 Å². The zero-order valence-electron chi connectivity index (χ0n) is 6.82. The Bertz CT molecular complexity index is 286. The van der Waals surface area contributed by atoms with E-state index in [9.17, 15) is 4.79 Å². The molecule has 1 heterocycles. The zero-order chi connectivity index (χ0) is 8.97. The van der Waals surface area contributed by atoms with Gasteiger partial charge in [0.25, 0.3) is 0 Å². The summed E-state index contributed by atoms with van der Waals surface area (Å²) >= 11 is 0. The van der Waals surface area contributed by atoms with Crippen molar-refractivity contribution >= 4 is 5.78 Å². The number of ketones is 1. The van der Waals surface area contributed by atoms with Crippen molar-refractivity contribution in [1.29, 1.82) is 0 Å². The van der Waals surface area contributed by atoms with Crippen LogP contribution in [0.2, 0.25) is 0 Å². The third kappa shape index (κ3) is 1.65. The summed E-state index contributed by atoms with van der Waals surface area (Å²) in [6.07, 6.45) is 3.63. The normalized spacial score (nSPS) is 9.83. The van der Waals surface area contributed by atoms with Crippen LogP contribution in [-0.4, -0.2) is 27.5 Å². The van der Waals surface area contributed by atoms with Gasteiger partial charge in [0.1, 0.15) is 12.3 Å². The maximum absolute atomic E-state index is 11.0. The Morgan fingerprint density at radius 1 is 1.50 bits per heavy atom. The number of hydrogen-bond donors (Lipinski definition) is 1. The second-order valence-corrected chi connectivity index (χ2v) is 2.29. The van der Waals surface area contributed by atoms with Crippen LogP contribution in [-0.2, 0) is 6.42 Å². The van der Waals surface area contributed by atoms with E-state index in [1.807, 2.05) is 6.92 Å². The summed E-state index contributed by atoms with van der Waals surface area (Å²) in [5.74, 6) is -0.375. The number of nitrogens with zero attached hydrogens (tertiary/aromatic N) is 2. The summed E-state index contributed by atoms with van der Waals surface area (Å²) in [5, 5.41) is 8.59. The van der Waals surface area contributed by atoms with Crippen LogP contribution in [0.5, 0.6) is 0 Å². The zero-order valence-corrected chi connectivity index (χ0v) is 6.82. The monoisotopic (exact) mass is 166 g/mol. The van der Waals surface area contributed by atoms with Gasteiger partial charge in [0, 0.05) is 12.4 Å². The molecule has 0 amide bonds. The fourth-order valence-corrected chi connectivity index (χ4v) is 0.933. The van der Waals surface area contributed by atoms with Gasteiger partial charge in [0.05, 0.1) is 5.69 Å². The van der Waals surface area contributed by atoms with E-state index < -0.39 is 6.61 Å². The van der Waals surface area contributed by atoms with E-state index in [-0.39, 0.29) is 11.5 Å². The van der Waals surface area contributed by atoms with Crippen molar-refractivity contribution in [2.24, 2.45) is 0 Å². The molecule has 12 heavy (non-hydrogen) atoms. The van der Waals surface area contributed by atoms with E-state index >= 15 is 0 Å². The smallest absolute Gasteiger partial charge is 0.208 e. The summed E-state index contributed by atoms with van der Waals surface area (Å²) in [7, 11) is 0. The molecule has 4 heteroatoms. The quantitative estimate of drug-likeness (QED) is 0.652. The molecule has 0 aliphatic heterocycles. The van der Waals surface area contributed by atoms with Crippen molar-refractivity contribution < 1.29 is 9.90 Å². The first kappa shape index (κ1) is 8.80. The highest BCUT2D eigenvalue weighted by Gasteiger charge is 2.10. The molecule has 0 radical (unpaired) electrons. The van der Waals surface area contributed by atoms with Gasteiger partial charge in [-0.1, -0.05) is 6.92 Å². The predicted octanol–water partition coefficient (Wildman–Crippen LogP) is 0.214. The van der Waals surface area contributed by atoms with Gasteiger partial charge in [-0.3, -0.25) is 9.78 Å². The average molecular weight is 166 g/mol. The highest BCUT2D eigenvalue weighted by atomic mass is 16.3. The highest BCUT2D eigenvalue weighted by Crippen LogP contribution is 2.02. The van der Waals surface area contributed by atoms with Crippen LogP contribution >= 0.6 is 0 Å². The molecule has 1 aromatic heterocycles. The number of aliphatic hydroxyl groups is 1. The molecule has 0 saturated heterocycles. The van der Waals surface area contributed by atoms with Crippen molar-refractivity contribution in [1.82, 2.24) is 9.97 Å². The van der Waals surface area contributed by atoms with Gasteiger partial charge in [-0.2, -0.15) is 0 Å². The van der Waals surface area contributed by atoms with Gasteiger partial charge >= 0.3 is 0 Å². The van der Waals surface area contributed by atoms with E-state index in [2.05, 4.69) is 9.97 Å². The molecule has 64 valence electrons. The van der Waals surface area contributed by atoms with Crippen LogP contribution in [0.1, 0.15) is 23.1 Å². The molecule has 1 rings (SSSR count). The number of hydrogen-bond acceptors (Lipinski definition) is 4. The molecular formula is C8H10N2O2. The molecule has 0 bridgehead atoms. The van der Waals surface area contributed by atoms with Gasteiger partial charge in [-0.05, 0) is 6.42 Å². The summed E-state index contributed by atoms with van der Waals surface area (Å²) in [5.41, 5.74) is 0.916. The molecule has 0 saturated carbocycles. The average Bonchev–Trinajstić information content (AvgIpc) is 2.16. The lowest BCUT2D eigenvalue weighted by atomic mass is 10.2. The van der Waals surface area contributed by atoms with Crippen LogP contribution in [0.15, 0.2) is 12.4 Å². The number of Topliss-reactive ketones (excluding diaryl/α,β-unsaturated/α-hetero) is 1. The van der Waals surface area contributed by atoms with Crippen LogP contribution in [0.4, 0.5) is 0 Å². The molecule has 0 aromatic carbocycles. The third-order valence-electron chi connectivity index (χ3n) is 1.52. The second-order valence-electron chi connectivity index (χ2n) is 2.29. The van der Waals surface area contributed by atoms with E-state index in [1.54, 1.807) is 0 Å². The van der Waals surface area contributed by atoms with Gasteiger partial charge < -0.3 is 5.11 Å². The van der Waals surface area contributed by atoms with Crippen LogP contribution in [0.3, 0.4) is 0 Å². The molecule has 0 atom stereocenters. The SMILES string of the molecule is CCc1nccnc1C(=O)CO. The number of aromatic nitrogens is 2. The Morgan fingerprint density at radius 2 is 2.17 bits per heavy atom. The Hall–Kier alpha value is -1.29.